The number of carboxylic acids is 1. The molecule has 1 atom stereocenters. The van der Waals surface area contributed by atoms with Crippen LogP contribution in [0.25, 0.3) is 32.8 Å². The molecule has 4 aromatic rings. The quantitative estimate of drug-likeness (QED) is 0.467. The normalized spacial score (nSPS) is 11.8. The van der Waals surface area contributed by atoms with Gasteiger partial charge in [-0.2, -0.15) is 12.8 Å². The lowest BCUT2D eigenvalue weighted by molar-refractivity contribution is -0.138. The van der Waals surface area contributed by atoms with Crippen molar-refractivity contribution in [1.29, 1.82) is 0 Å². The van der Waals surface area contributed by atoms with E-state index in [2.05, 4.69) is 14.7 Å². The van der Waals surface area contributed by atoms with Crippen molar-refractivity contribution in [2.45, 2.75) is 6.04 Å². The first-order valence-corrected chi connectivity index (χ1v) is 10.7. The van der Waals surface area contributed by atoms with E-state index in [9.17, 15) is 18.0 Å². The first kappa shape index (κ1) is 21.1. The number of nitrogens with one attached hydrogen (secondary N) is 1. The third kappa shape index (κ3) is 4.33. The minimum absolute atomic E-state index is 0.0811. The molecular formula is C23H17N3O5S. The van der Waals surface area contributed by atoms with Crippen molar-refractivity contribution >= 4 is 44.1 Å². The van der Waals surface area contributed by atoms with Gasteiger partial charge in [-0.15, -0.1) is 0 Å². The van der Waals surface area contributed by atoms with Crippen molar-refractivity contribution < 1.29 is 23.1 Å². The standard InChI is InChI=1S/C23H17N3O5S/c27-22(24-13-20(23(28)29)26-32(30)31)19-12-11-15-7-4-10-18(21(15)25-19)17-9-3-6-14-5-1-2-8-16(14)17/h1-12,20H,13H2,(H,24,27)(H,28,29). The molecule has 0 radical (unpaired) electrons. The molecule has 0 saturated carbocycles. The number of pyridine rings is 1. The van der Waals surface area contributed by atoms with Crippen LogP contribution in [-0.4, -0.2) is 43.0 Å². The van der Waals surface area contributed by atoms with Crippen molar-refractivity contribution in [3.8, 4) is 11.1 Å². The number of aromatic nitrogens is 1. The molecule has 32 heavy (non-hydrogen) atoms. The number of carbonyl (C=O) groups excluding carboxylic acids is 1. The van der Waals surface area contributed by atoms with E-state index in [4.69, 9.17) is 5.11 Å². The molecule has 1 heterocycles. The summed E-state index contributed by atoms with van der Waals surface area (Å²) in [5, 5.41) is 14.4. The fourth-order valence-corrected chi connectivity index (χ4v) is 3.88. The minimum atomic E-state index is -2.90. The maximum atomic E-state index is 12.6. The third-order valence-corrected chi connectivity index (χ3v) is 5.41. The van der Waals surface area contributed by atoms with E-state index in [1.807, 2.05) is 60.7 Å². The molecule has 2 N–H and O–H groups in total. The van der Waals surface area contributed by atoms with Gasteiger partial charge in [0.25, 0.3) is 5.91 Å². The fourth-order valence-electron chi connectivity index (χ4n) is 3.50. The fraction of sp³-hybridized carbons (Fsp3) is 0.0870. The van der Waals surface area contributed by atoms with Crippen LogP contribution in [0.3, 0.4) is 0 Å². The van der Waals surface area contributed by atoms with E-state index in [-0.39, 0.29) is 5.69 Å². The zero-order valence-electron chi connectivity index (χ0n) is 16.6. The molecule has 1 unspecified atom stereocenters. The molecule has 0 aliphatic rings. The number of rotatable bonds is 6. The van der Waals surface area contributed by atoms with Gasteiger partial charge in [-0.1, -0.05) is 66.7 Å². The Morgan fingerprint density at radius 1 is 0.906 bits per heavy atom. The summed E-state index contributed by atoms with van der Waals surface area (Å²) < 4.78 is 24.4. The Kier molecular flexibility index (Phi) is 5.91. The molecule has 0 fully saturated rings. The number of fused-ring (bicyclic) bond motifs is 2. The second kappa shape index (κ2) is 8.94. The van der Waals surface area contributed by atoms with Crippen molar-refractivity contribution in [2.75, 3.05) is 6.54 Å². The summed E-state index contributed by atoms with van der Waals surface area (Å²) in [6.45, 7) is -0.479. The number of hydrogen-bond donors (Lipinski definition) is 2. The van der Waals surface area contributed by atoms with Gasteiger partial charge in [-0.3, -0.25) is 4.79 Å². The topological polar surface area (TPSA) is 126 Å². The van der Waals surface area contributed by atoms with Gasteiger partial charge in [0.15, 0.2) is 6.04 Å². The summed E-state index contributed by atoms with van der Waals surface area (Å²) in [7, 11) is -2.90. The lowest BCUT2D eigenvalue weighted by atomic mass is 9.96. The molecule has 0 aliphatic carbocycles. The Morgan fingerprint density at radius 3 is 2.34 bits per heavy atom. The lowest BCUT2D eigenvalue weighted by Crippen LogP contribution is -2.35. The number of amides is 1. The number of benzene rings is 3. The smallest absolute Gasteiger partial charge is 0.331 e. The molecule has 3 aromatic carbocycles. The van der Waals surface area contributed by atoms with E-state index in [0.29, 0.717) is 5.52 Å². The van der Waals surface area contributed by atoms with Crippen LogP contribution in [0.5, 0.6) is 0 Å². The van der Waals surface area contributed by atoms with Crippen LogP contribution in [0, 0.1) is 0 Å². The van der Waals surface area contributed by atoms with Crippen LogP contribution < -0.4 is 5.32 Å². The summed E-state index contributed by atoms with van der Waals surface area (Å²) in [5.41, 5.74) is 2.53. The maximum Gasteiger partial charge on any atom is 0.331 e. The average Bonchev–Trinajstić information content (AvgIpc) is 2.80. The van der Waals surface area contributed by atoms with Crippen LogP contribution in [0.1, 0.15) is 10.5 Å². The summed E-state index contributed by atoms with van der Waals surface area (Å²) in [6.07, 6.45) is 0. The summed E-state index contributed by atoms with van der Waals surface area (Å²) in [6, 6.07) is 21.4. The largest absolute Gasteiger partial charge is 0.480 e. The first-order chi connectivity index (χ1) is 15.4. The SMILES string of the molecule is O=C(NCC(N=S(=O)=O)C(=O)O)c1ccc2cccc(-c3cccc4ccccc34)c2n1. The molecule has 160 valence electrons. The molecule has 1 aromatic heterocycles. The van der Waals surface area contributed by atoms with Gasteiger partial charge < -0.3 is 10.4 Å². The Bertz CT molecular complexity index is 1490. The number of nitrogens with zero attached hydrogens (tertiary/aromatic N) is 2. The molecule has 1 amide bonds. The first-order valence-electron chi connectivity index (χ1n) is 9.63. The maximum absolute atomic E-state index is 12.6. The molecule has 8 nitrogen and oxygen atoms in total. The van der Waals surface area contributed by atoms with E-state index in [0.717, 1.165) is 27.3 Å². The van der Waals surface area contributed by atoms with Crippen molar-refractivity contribution in [1.82, 2.24) is 10.3 Å². The minimum Gasteiger partial charge on any atom is -0.480 e. The molecule has 9 heteroatoms. The predicted molar refractivity (Wildman–Crippen MR) is 120 cm³/mol. The van der Waals surface area contributed by atoms with Crippen LogP contribution in [0.2, 0.25) is 0 Å². The van der Waals surface area contributed by atoms with Crippen molar-refractivity contribution in [2.24, 2.45) is 4.36 Å². The number of para-hydroxylation sites is 1. The van der Waals surface area contributed by atoms with Crippen molar-refractivity contribution in [3.05, 3.63) is 78.5 Å². The monoisotopic (exact) mass is 447 g/mol. The highest BCUT2D eigenvalue weighted by atomic mass is 32.2. The molecule has 0 aliphatic heterocycles. The Hall–Kier alpha value is -4.11. The number of carbonyl (C=O) groups is 2. The molecular weight excluding hydrogens is 430 g/mol. The van der Waals surface area contributed by atoms with Gasteiger partial charge in [0.2, 0.25) is 0 Å². The highest BCUT2D eigenvalue weighted by Gasteiger charge is 2.19. The summed E-state index contributed by atoms with van der Waals surface area (Å²) in [5.74, 6) is -2.09. The van der Waals surface area contributed by atoms with Crippen molar-refractivity contribution in [3.63, 3.8) is 0 Å². The zero-order chi connectivity index (χ0) is 22.7. The second-order valence-electron chi connectivity index (χ2n) is 6.99. The van der Waals surface area contributed by atoms with Gasteiger partial charge in [-0.25, -0.2) is 9.78 Å². The van der Waals surface area contributed by atoms with Gasteiger partial charge in [-0.05, 0) is 22.4 Å². The molecule has 0 bridgehead atoms. The number of hydrogen-bond acceptors (Lipinski definition) is 6. The third-order valence-electron chi connectivity index (χ3n) is 4.99. The highest BCUT2D eigenvalue weighted by Crippen LogP contribution is 2.33. The van der Waals surface area contributed by atoms with Crippen LogP contribution in [0.15, 0.2) is 77.2 Å². The number of aliphatic carboxylic acids is 1. The van der Waals surface area contributed by atoms with E-state index >= 15 is 0 Å². The van der Waals surface area contributed by atoms with Gasteiger partial charge in [0.05, 0.1) is 12.1 Å². The Labute approximate surface area is 184 Å². The summed E-state index contributed by atoms with van der Waals surface area (Å²) in [4.78, 5) is 28.3. The van der Waals surface area contributed by atoms with E-state index in [1.54, 1.807) is 6.07 Å². The molecule has 4 rings (SSSR count). The van der Waals surface area contributed by atoms with Gasteiger partial charge >= 0.3 is 16.5 Å². The summed E-state index contributed by atoms with van der Waals surface area (Å²) >= 11 is 0. The second-order valence-corrected chi connectivity index (χ2v) is 7.63. The zero-order valence-corrected chi connectivity index (χ0v) is 17.4. The van der Waals surface area contributed by atoms with Crippen LogP contribution in [0.4, 0.5) is 0 Å². The predicted octanol–water partition coefficient (Wildman–Crippen LogP) is 3.30. The van der Waals surface area contributed by atoms with Gasteiger partial charge in [0.1, 0.15) is 5.69 Å². The number of carboxylic acid groups (broad SMARTS) is 1. The van der Waals surface area contributed by atoms with E-state index in [1.165, 1.54) is 6.07 Å². The Morgan fingerprint density at radius 2 is 1.59 bits per heavy atom. The average molecular weight is 447 g/mol. The van der Waals surface area contributed by atoms with Gasteiger partial charge in [0, 0.05) is 10.9 Å². The lowest BCUT2D eigenvalue weighted by Gasteiger charge is -2.11. The Balaban J connectivity index is 1.72. The van der Waals surface area contributed by atoms with Crippen LogP contribution >= 0.6 is 0 Å². The van der Waals surface area contributed by atoms with Crippen LogP contribution in [-0.2, 0) is 15.3 Å². The molecule has 0 saturated heterocycles. The van der Waals surface area contributed by atoms with E-state index < -0.39 is 35.0 Å². The molecule has 0 spiro atoms. The highest BCUT2D eigenvalue weighted by molar-refractivity contribution is 7.61.